The zero-order valence-electron chi connectivity index (χ0n) is 14.6. The molecule has 2 heterocycles. The van der Waals surface area contributed by atoms with Crippen LogP contribution in [0, 0.1) is 6.92 Å². The average molecular weight is 361 g/mol. The number of amides is 1. The fraction of sp³-hybridized carbons (Fsp3) is 0.500. The monoisotopic (exact) mass is 361 g/mol. The van der Waals surface area contributed by atoms with Gasteiger partial charge in [0.25, 0.3) is 0 Å². The number of fused-ring (bicyclic) bond motifs is 1. The SMILES string of the molecule is CCCOC(=O)c1c(NC(=O)Cn2ccc(C)n2)sc2c1CCCC2. The van der Waals surface area contributed by atoms with Gasteiger partial charge in [0, 0.05) is 11.1 Å². The molecule has 6 nitrogen and oxygen atoms in total. The number of hydrogen-bond acceptors (Lipinski definition) is 5. The van der Waals surface area contributed by atoms with Gasteiger partial charge in [0.1, 0.15) is 11.5 Å². The summed E-state index contributed by atoms with van der Waals surface area (Å²) in [5.74, 6) is -0.516. The molecule has 3 rings (SSSR count). The van der Waals surface area contributed by atoms with E-state index in [4.69, 9.17) is 4.74 Å². The molecule has 1 amide bonds. The van der Waals surface area contributed by atoms with E-state index in [9.17, 15) is 9.59 Å². The number of esters is 1. The normalized spacial score (nSPS) is 13.4. The van der Waals surface area contributed by atoms with Gasteiger partial charge in [-0.1, -0.05) is 6.92 Å². The van der Waals surface area contributed by atoms with Gasteiger partial charge in [0.15, 0.2) is 0 Å². The number of aromatic nitrogens is 2. The van der Waals surface area contributed by atoms with E-state index < -0.39 is 0 Å². The molecule has 0 aliphatic heterocycles. The van der Waals surface area contributed by atoms with Crippen LogP contribution in [0.15, 0.2) is 12.3 Å². The number of nitrogens with zero attached hydrogens (tertiary/aromatic N) is 2. The first-order valence-corrected chi connectivity index (χ1v) is 9.51. The Bertz CT molecular complexity index is 779. The second kappa shape index (κ2) is 7.82. The van der Waals surface area contributed by atoms with Crippen LogP contribution in [0.3, 0.4) is 0 Å². The molecule has 134 valence electrons. The minimum Gasteiger partial charge on any atom is -0.462 e. The maximum Gasteiger partial charge on any atom is 0.341 e. The van der Waals surface area contributed by atoms with Crippen molar-refractivity contribution in [2.24, 2.45) is 0 Å². The molecule has 0 saturated carbocycles. The Kier molecular flexibility index (Phi) is 5.53. The van der Waals surface area contributed by atoms with Gasteiger partial charge in [0.2, 0.25) is 5.91 Å². The average Bonchev–Trinajstić information content (AvgIpc) is 3.15. The predicted octanol–water partition coefficient (Wildman–Crippen LogP) is 3.34. The Morgan fingerprint density at radius 3 is 2.88 bits per heavy atom. The highest BCUT2D eigenvalue weighted by atomic mass is 32.1. The van der Waals surface area contributed by atoms with E-state index in [1.54, 1.807) is 10.9 Å². The highest BCUT2D eigenvalue weighted by Crippen LogP contribution is 2.38. The van der Waals surface area contributed by atoms with Gasteiger partial charge >= 0.3 is 5.97 Å². The van der Waals surface area contributed by atoms with Crippen LogP contribution in [-0.2, 0) is 28.9 Å². The van der Waals surface area contributed by atoms with Crippen molar-refractivity contribution in [1.82, 2.24) is 9.78 Å². The lowest BCUT2D eigenvalue weighted by Crippen LogP contribution is -2.20. The molecule has 2 aromatic rings. The first-order valence-electron chi connectivity index (χ1n) is 8.70. The van der Waals surface area contributed by atoms with Crippen LogP contribution in [0.4, 0.5) is 5.00 Å². The van der Waals surface area contributed by atoms with E-state index >= 15 is 0 Å². The summed E-state index contributed by atoms with van der Waals surface area (Å²) in [7, 11) is 0. The molecule has 0 aromatic carbocycles. The Morgan fingerprint density at radius 2 is 2.16 bits per heavy atom. The van der Waals surface area contributed by atoms with Crippen molar-refractivity contribution in [3.63, 3.8) is 0 Å². The number of rotatable bonds is 6. The van der Waals surface area contributed by atoms with Crippen LogP contribution < -0.4 is 5.32 Å². The Labute approximate surface area is 151 Å². The lowest BCUT2D eigenvalue weighted by atomic mass is 9.95. The smallest absolute Gasteiger partial charge is 0.341 e. The summed E-state index contributed by atoms with van der Waals surface area (Å²) in [6.45, 7) is 4.36. The molecule has 0 bridgehead atoms. The number of anilines is 1. The third-order valence-corrected chi connectivity index (χ3v) is 5.35. The second-order valence-corrected chi connectivity index (χ2v) is 7.36. The van der Waals surface area contributed by atoms with Crippen molar-refractivity contribution >= 4 is 28.2 Å². The Balaban J connectivity index is 1.80. The topological polar surface area (TPSA) is 73.2 Å². The lowest BCUT2D eigenvalue weighted by Gasteiger charge is -2.12. The largest absolute Gasteiger partial charge is 0.462 e. The number of ether oxygens (including phenoxy) is 1. The molecular weight excluding hydrogens is 338 g/mol. The fourth-order valence-corrected chi connectivity index (χ4v) is 4.29. The van der Waals surface area contributed by atoms with Gasteiger partial charge < -0.3 is 10.1 Å². The van der Waals surface area contributed by atoms with Crippen LogP contribution >= 0.6 is 11.3 Å². The maximum absolute atomic E-state index is 12.5. The molecule has 0 atom stereocenters. The molecule has 0 spiro atoms. The molecule has 25 heavy (non-hydrogen) atoms. The molecule has 1 aliphatic carbocycles. The molecule has 0 unspecified atom stereocenters. The zero-order chi connectivity index (χ0) is 17.8. The van der Waals surface area contributed by atoms with E-state index in [1.807, 2.05) is 19.9 Å². The first-order chi connectivity index (χ1) is 12.1. The highest BCUT2D eigenvalue weighted by Gasteiger charge is 2.27. The van der Waals surface area contributed by atoms with Crippen LogP contribution in [-0.4, -0.2) is 28.3 Å². The molecular formula is C18H23N3O3S. The third-order valence-electron chi connectivity index (χ3n) is 4.15. The third kappa shape index (κ3) is 4.10. The van der Waals surface area contributed by atoms with Gasteiger partial charge in [-0.15, -0.1) is 11.3 Å². The summed E-state index contributed by atoms with van der Waals surface area (Å²) in [4.78, 5) is 26.1. The summed E-state index contributed by atoms with van der Waals surface area (Å²) in [5.41, 5.74) is 2.48. The summed E-state index contributed by atoms with van der Waals surface area (Å²) in [5, 5.41) is 7.74. The summed E-state index contributed by atoms with van der Waals surface area (Å²) in [6, 6.07) is 1.85. The molecule has 0 saturated heterocycles. The van der Waals surface area contributed by atoms with Crippen LogP contribution in [0.2, 0.25) is 0 Å². The fourth-order valence-electron chi connectivity index (χ4n) is 3.00. The highest BCUT2D eigenvalue weighted by molar-refractivity contribution is 7.17. The number of hydrogen-bond donors (Lipinski definition) is 1. The predicted molar refractivity (Wildman–Crippen MR) is 97.1 cm³/mol. The van der Waals surface area contributed by atoms with E-state index in [2.05, 4.69) is 10.4 Å². The van der Waals surface area contributed by atoms with Crippen molar-refractivity contribution in [3.8, 4) is 0 Å². The van der Waals surface area contributed by atoms with Crippen LogP contribution in [0.1, 0.15) is 52.7 Å². The van der Waals surface area contributed by atoms with Crippen molar-refractivity contribution in [2.45, 2.75) is 52.5 Å². The summed E-state index contributed by atoms with van der Waals surface area (Å²) >= 11 is 1.51. The number of carbonyl (C=O) groups excluding carboxylic acids is 2. The summed E-state index contributed by atoms with van der Waals surface area (Å²) < 4.78 is 6.93. The maximum atomic E-state index is 12.5. The van der Waals surface area contributed by atoms with Gasteiger partial charge in [0.05, 0.1) is 17.9 Å². The number of carbonyl (C=O) groups is 2. The summed E-state index contributed by atoms with van der Waals surface area (Å²) in [6.07, 6.45) is 6.57. The van der Waals surface area contributed by atoms with Gasteiger partial charge in [-0.2, -0.15) is 5.10 Å². The van der Waals surface area contributed by atoms with E-state index in [0.29, 0.717) is 17.2 Å². The van der Waals surface area contributed by atoms with Gasteiger partial charge in [-0.25, -0.2) is 4.79 Å². The van der Waals surface area contributed by atoms with Crippen molar-refractivity contribution < 1.29 is 14.3 Å². The van der Waals surface area contributed by atoms with Crippen LogP contribution in [0.5, 0.6) is 0 Å². The van der Waals surface area contributed by atoms with E-state index in [0.717, 1.165) is 43.4 Å². The molecule has 2 aromatic heterocycles. The van der Waals surface area contributed by atoms with Crippen LogP contribution in [0.25, 0.3) is 0 Å². The van der Waals surface area contributed by atoms with E-state index in [-0.39, 0.29) is 18.4 Å². The standard InChI is InChI=1S/C18H23N3O3S/c1-3-10-24-18(23)16-13-6-4-5-7-14(13)25-17(16)19-15(22)11-21-9-8-12(2)20-21/h8-9H,3-7,10-11H2,1-2H3,(H,19,22). The van der Waals surface area contributed by atoms with Gasteiger partial charge in [-0.05, 0) is 50.7 Å². The minimum absolute atomic E-state index is 0.125. The quantitative estimate of drug-likeness (QED) is 0.801. The van der Waals surface area contributed by atoms with Crippen molar-refractivity contribution in [3.05, 3.63) is 34.0 Å². The number of aryl methyl sites for hydroxylation is 2. The van der Waals surface area contributed by atoms with Crippen molar-refractivity contribution in [2.75, 3.05) is 11.9 Å². The molecule has 0 radical (unpaired) electrons. The lowest BCUT2D eigenvalue weighted by molar-refractivity contribution is -0.116. The Morgan fingerprint density at radius 1 is 1.36 bits per heavy atom. The first kappa shape index (κ1) is 17.7. The minimum atomic E-state index is -0.327. The van der Waals surface area contributed by atoms with E-state index in [1.165, 1.54) is 16.2 Å². The number of thiophene rings is 1. The molecule has 7 heteroatoms. The Hall–Kier alpha value is -2.15. The number of nitrogens with one attached hydrogen (secondary N) is 1. The zero-order valence-corrected chi connectivity index (χ0v) is 15.4. The van der Waals surface area contributed by atoms with Gasteiger partial charge in [-0.3, -0.25) is 9.48 Å². The molecule has 1 N–H and O–H groups in total. The molecule has 1 aliphatic rings. The second-order valence-electron chi connectivity index (χ2n) is 6.25. The molecule has 0 fully saturated rings. The van der Waals surface area contributed by atoms with Crippen molar-refractivity contribution in [1.29, 1.82) is 0 Å².